The molecule has 1 aromatic rings. The summed E-state index contributed by atoms with van der Waals surface area (Å²) >= 11 is 1.56. The minimum absolute atomic E-state index is 0.823. The third-order valence-electron chi connectivity index (χ3n) is 1.83. The highest BCUT2D eigenvalue weighted by atomic mass is 32.2. The summed E-state index contributed by atoms with van der Waals surface area (Å²) in [6.45, 7) is 0.834. The van der Waals surface area contributed by atoms with Crippen molar-refractivity contribution in [1.82, 2.24) is 15.4 Å². The maximum atomic E-state index is 4.37. The summed E-state index contributed by atoms with van der Waals surface area (Å²) in [5.41, 5.74) is 4.32. The fourth-order valence-electron chi connectivity index (χ4n) is 1.17. The van der Waals surface area contributed by atoms with E-state index in [1.165, 1.54) is 0 Å². The highest BCUT2D eigenvalue weighted by Gasteiger charge is 2.17. The van der Waals surface area contributed by atoms with Gasteiger partial charge in [0.2, 0.25) is 0 Å². The fourth-order valence-corrected chi connectivity index (χ4v) is 1.51. The Hall–Kier alpha value is -0.810. The molecule has 0 unspecified atom stereocenters. The van der Waals surface area contributed by atoms with Gasteiger partial charge in [-0.15, -0.1) is 0 Å². The van der Waals surface area contributed by atoms with Crippen molar-refractivity contribution in [3.05, 3.63) is 11.8 Å². The first kappa shape index (κ1) is 7.82. The Balaban J connectivity index is 2.43. The van der Waals surface area contributed by atoms with E-state index in [1.54, 1.807) is 11.8 Å². The van der Waals surface area contributed by atoms with E-state index >= 15 is 0 Å². The molecule has 1 aliphatic rings. The van der Waals surface area contributed by atoms with Crippen LogP contribution in [0.4, 0.5) is 5.82 Å². The Morgan fingerprint density at radius 3 is 3.25 bits per heavy atom. The topological polar surface area (TPSA) is 41.1 Å². The molecular formula is C7H10N4S. The normalized spacial score (nSPS) is 15.0. The van der Waals surface area contributed by atoms with Crippen LogP contribution in [0.3, 0.4) is 0 Å². The van der Waals surface area contributed by atoms with Gasteiger partial charge < -0.3 is 0 Å². The second-order valence-electron chi connectivity index (χ2n) is 2.60. The maximum absolute atomic E-state index is 4.37. The van der Waals surface area contributed by atoms with Gasteiger partial charge in [-0.3, -0.25) is 5.01 Å². The van der Waals surface area contributed by atoms with Crippen molar-refractivity contribution >= 4 is 17.6 Å². The van der Waals surface area contributed by atoms with Crippen LogP contribution >= 0.6 is 11.8 Å². The average Bonchev–Trinajstić information content (AvgIpc) is 2.47. The van der Waals surface area contributed by atoms with Crippen LogP contribution in [0.2, 0.25) is 0 Å². The third kappa shape index (κ3) is 1.15. The number of hydrazine groups is 1. The first-order valence-electron chi connectivity index (χ1n) is 3.68. The smallest absolute Gasteiger partial charge is 0.189 e. The number of aromatic nitrogens is 2. The van der Waals surface area contributed by atoms with Crippen LogP contribution in [0.5, 0.6) is 0 Å². The van der Waals surface area contributed by atoms with Crippen LogP contribution in [0.15, 0.2) is 11.4 Å². The molecule has 0 radical (unpaired) electrons. The number of rotatable bonds is 1. The minimum atomic E-state index is 0.823. The van der Waals surface area contributed by atoms with E-state index in [9.17, 15) is 0 Å². The van der Waals surface area contributed by atoms with E-state index in [-0.39, 0.29) is 0 Å². The molecule has 0 saturated heterocycles. The number of hydrogen-bond acceptors (Lipinski definition) is 5. The van der Waals surface area contributed by atoms with Gasteiger partial charge in [0, 0.05) is 25.4 Å². The van der Waals surface area contributed by atoms with Gasteiger partial charge >= 0.3 is 0 Å². The van der Waals surface area contributed by atoms with Gasteiger partial charge in [0.15, 0.2) is 11.0 Å². The largest absolute Gasteiger partial charge is 0.295 e. The van der Waals surface area contributed by atoms with E-state index in [2.05, 4.69) is 15.4 Å². The molecule has 2 rings (SSSR count). The first-order valence-corrected chi connectivity index (χ1v) is 4.91. The molecule has 0 aromatic carbocycles. The number of thioether (sulfide) groups is 1. The second kappa shape index (κ2) is 2.91. The van der Waals surface area contributed by atoms with Gasteiger partial charge in [-0.25, -0.2) is 15.4 Å². The van der Waals surface area contributed by atoms with E-state index in [0.717, 1.165) is 23.1 Å². The predicted octanol–water partition coefficient (Wildman–Crippen LogP) is 0.653. The molecule has 12 heavy (non-hydrogen) atoms. The quantitative estimate of drug-likeness (QED) is 0.510. The SMILES string of the molecule is CSc1ncc2c(n1)N(C)NC2. The summed E-state index contributed by atoms with van der Waals surface area (Å²) in [7, 11) is 1.96. The molecule has 0 spiro atoms. The summed E-state index contributed by atoms with van der Waals surface area (Å²) in [5, 5.41) is 2.75. The Bertz CT molecular complexity index is 301. The van der Waals surface area contributed by atoms with Crippen molar-refractivity contribution in [2.24, 2.45) is 0 Å². The van der Waals surface area contributed by atoms with Crippen molar-refractivity contribution in [3.63, 3.8) is 0 Å². The highest BCUT2D eigenvalue weighted by Crippen LogP contribution is 2.22. The van der Waals surface area contributed by atoms with Gasteiger partial charge in [0.25, 0.3) is 0 Å². The summed E-state index contributed by atoms with van der Waals surface area (Å²) in [4.78, 5) is 8.56. The lowest BCUT2D eigenvalue weighted by atomic mass is 10.3. The molecular weight excluding hydrogens is 172 g/mol. The van der Waals surface area contributed by atoms with Gasteiger partial charge in [0.05, 0.1) is 0 Å². The second-order valence-corrected chi connectivity index (χ2v) is 3.37. The average molecular weight is 182 g/mol. The van der Waals surface area contributed by atoms with Gasteiger partial charge in [-0.1, -0.05) is 11.8 Å². The molecule has 0 fully saturated rings. The molecule has 5 heteroatoms. The van der Waals surface area contributed by atoms with E-state index in [4.69, 9.17) is 0 Å². The van der Waals surface area contributed by atoms with Gasteiger partial charge in [-0.2, -0.15) is 0 Å². The molecule has 1 aromatic heterocycles. The zero-order valence-corrected chi connectivity index (χ0v) is 7.85. The Morgan fingerprint density at radius 2 is 2.50 bits per heavy atom. The molecule has 0 saturated carbocycles. The Morgan fingerprint density at radius 1 is 1.67 bits per heavy atom. The zero-order chi connectivity index (χ0) is 8.55. The van der Waals surface area contributed by atoms with Crippen molar-refractivity contribution in [2.75, 3.05) is 18.3 Å². The van der Waals surface area contributed by atoms with Crippen molar-refractivity contribution < 1.29 is 0 Å². The van der Waals surface area contributed by atoms with Crippen LogP contribution in [0, 0.1) is 0 Å². The van der Waals surface area contributed by atoms with Gasteiger partial charge in [0.1, 0.15) is 0 Å². The maximum Gasteiger partial charge on any atom is 0.189 e. The molecule has 1 aliphatic heterocycles. The molecule has 0 bridgehead atoms. The van der Waals surface area contributed by atoms with Crippen molar-refractivity contribution in [1.29, 1.82) is 0 Å². The molecule has 0 aliphatic carbocycles. The van der Waals surface area contributed by atoms with Crippen LogP contribution in [-0.2, 0) is 6.54 Å². The highest BCUT2D eigenvalue weighted by molar-refractivity contribution is 7.98. The minimum Gasteiger partial charge on any atom is -0.295 e. The van der Waals surface area contributed by atoms with Crippen molar-refractivity contribution in [2.45, 2.75) is 11.7 Å². The molecule has 64 valence electrons. The molecule has 1 N–H and O–H groups in total. The fraction of sp³-hybridized carbons (Fsp3) is 0.429. The summed E-state index contributed by atoms with van der Waals surface area (Å²) in [5.74, 6) is 0.995. The summed E-state index contributed by atoms with van der Waals surface area (Å²) < 4.78 is 0. The van der Waals surface area contributed by atoms with Crippen LogP contribution < -0.4 is 10.4 Å². The number of nitrogens with zero attached hydrogens (tertiary/aromatic N) is 3. The lowest BCUT2D eigenvalue weighted by molar-refractivity contribution is 0.729. The van der Waals surface area contributed by atoms with Crippen LogP contribution in [-0.4, -0.2) is 23.3 Å². The summed E-state index contributed by atoms with van der Waals surface area (Å²) in [6.07, 6.45) is 3.86. The number of hydrogen-bond donors (Lipinski definition) is 1. The standard InChI is InChI=1S/C7H10N4S/c1-11-6-5(4-9-11)3-8-7(10-6)12-2/h3,9H,4H2,1-2H3. The molecule has 0 amide bonds. The first-order chi connectivity index (χ1) is 5.81. The van der Waals surface area contributed by atoms with E-state index < -0.39 is 0 Å². The third-order valence-corrected chi connectivity index (χ3v) is 2.39. The van der Waals surface area contributed by atoms with E-state index in [1.807, 2.05) is 24.5 Å². The number of fused-ring (bicyclic) bond motifs is 1. The lowest BCUT2D eigenvalue weighted by Crippen LogP contribution is -2.27. The molecule has 4 nitrogen and oxygen atoms in total. The van der Waals surface area contributed by atoms with Crippen LogP contribution in [0.1, 0.15) is 5.56 Å². The Labute approximate surface area is 75.4 Å². The predicted molar refractivity (Wildman–Crippen MR) is 49.1 cm³/mol. The zero-order valence-electron chi connectivity index (χ0n) is 7.03. The number of nitrogens with one attached hydrogen (secondary N) is 1. The van der Waals surface area contributed by atoms with E-state index in [0.29, 0.717) is 0 Å². The Kier molecular flexibility index (Phi) is 1.90. The number of anilines is 1. The van der Waals surface area contributed by atoms with Crippen molar-refractivity contribution in [3.8, 4) is 0 Å². The molecule has 2 heterocycles. The lowest BCUT2D eigenvalue weighted by Gasteiger charge is -2.10. The van der Waals surface area contributed by atoms with Gasteiger partial charge in [-0.05, 0) is 6.26 Å². The monoisotopic (exact) mass is 182 g/mol. The summed E-state index contributed by atoms with van der Waals surface area (Å²) in [6, 6.07) is 0. The van der Waals surface area contributed by atoms with Crippen LogP contribution in [0.25, 0.3) is 0 Å². The molecule has 0 atom stereocenters.